The summed E-state index contributed by atoms with van der Waals surface area (Å²) in [6, 6.07) is 11.3. The minimum Gasteiger partial charge on any atom is -0.487 e. The zero-order valence-corrected chi connectivity index (χ0v) is 17.7. The highest BCUT2D eigenvalue weighted by Gasteiger charge is 2.13. The van der Waals surface area contributed by atoms with E-state index in [9.17, 15) is 0 Å². The number of halogens is 1. The van der Waals surface area contributed by atoms with Crippen LogP contribution >= 0.6 is 11.6 Å². The highest BCUT2D eigenvalue weighted by molar-refractivity contribution is 6.48. The fourth-order valence-corrected chi connectivity index (χ4v) is 2.88. The molecule has 1 aromatic heterocycles. The molecule has 2 aromatic carbocycles. The lowest BCUT2D eigenvalue weighted by molar-refractivity contribution is 0.132. The topological polar surface area (TPSA) is 74.7 Å². The van der Waals surface area contributed by atoms with Gasteiger partial charge in [-0.05, 0) is 23.8 Å². The van der Waals surface area contributed by atoms with Crippen molar-refractivity contribution in [1.29, 1.82) is 0 Å². The fraction of sp³-hybridized carbons (Fsp3) is 0.273. The van der Waals surface area contributed by atoms with Crippen LogP contribution in [0.25, 0.3) is 15.9 Å². The number of hydrogen-bond donors (Lipinski definition) is 1. The predicted molar refractivity (Wildman–Crippen MR) is 119 cm³/mol. The Kier molecular flexibility index (Phi) is 7.84. The van der Waals surface area contributed by atoms with Crippen molar-refractivity contribution in [1.82, 2.24) is 9.97 Å². The average Bonchev–Trinajstić information content (AvgIpc) is 2.75. The first-order valence-corrected chi connectivity index (χ1v) is 9.74. The van der Waals surface area contributed by atoms with E-state index in [1.165, 1.54) is 6.33 Å². The number of anilines is 2. The van der Waals surface area contributed by atoms with Gasteiger partial charge in [-0.1, -0.05) is 30.3 Å². The third kappa shape index (κ3) is 5.60. The molecule has 158 valence electrons. The Morgan fingerprint density at radius 1 is 0.967 bits per heavy atom. The zero-order chi connectivity index (χ0) is 21.3. The first-order valence-electron chi connectivity index (χ1n) is 9.36. The van der Waals surface area contributed by atoms with Gasteiger partial charge in [0.25, 0.3) is 0 Å². The molecule has 30 heavy (non-hydrogen) atoms. The maximum absolute atomic E-state index is 6.03. The van der Waals surface area contributed by atoms with Crippen molar-refractivity contribution in [2.45, 2.75) is 0 Å². The van der Waals surface area contributed by atoms with Crippen molar-refractivity contribution >= 4 is 39.0 Å². The van der Waals surface area contributed by atoms with E-state index >= 15 is 0 Å². The van der Waals surface area contributed by atoms with Crippen LogP contribution in [0.3, 0.4) is 0 Å². The molecule has 0 aliphatic heterocycles. The van der Waals surface area contributed by atoms with Gasteiger partial charge in [-0.2, -0.15) is 0 Å². The third-order valence-corrected chi connectivity index (χ3v) is 4.45. The van der Waals surface area contributed by atoms with Gasteiger partial charge < -0.3 is 24.3 Å². The smallest absolute Gasteiger partial charge is 0.163 e. The minimum absolute atomic E-state index is 0.388. The summed E-state index contributed by atoms with van der Waals surface area (Å²) in [5.41, 5.74) is 2.38. The number of nitrogens with one attached hydrogen (secondary N) is 1. The standard InChI is InChI=1S/C22H24ClN3O4/c1-15(23)16-5-4-6-17(11-16)26-22-18-12-20(29-9-7-27-2)21(30-10-8-28-3)13-19(18)24-14-25-22/h4-6,11-14H,1,7-10H2,2-3H3,(H,24,25,26). The molecule has 0 aliphatic carbocycles. The molecule has 0 bridgehead atoms. The van der Waals surface area contributed by atoms with Gasteiger partial charge >= 0.3 is 0 Å². The van der Waals surface area contributed by atoms with Crippen LogP contribution in [0.5, 0.6) is 11.5 Å². The van der Waals surface area contributed by atoms with E-state index in [4.69, 9.17) is 30.5 Å². The van der Waals surface area contributed by atoms with Crippen molar-refractivity contribution in [3.63, 3.8) is 0 Å². The average molecular weight is 430 g/mol. The summed E-state index contributed by atoms with van der Waals surface area (Å²) in [7, 11) is 3.25. The van der Waals surface area contributed by atoms with Crippen LogP contribution in [0.2, 0.25) is 0 Å². The molecular formula is C22H24ClN3O4. The summed E-state index contributed by atoms with van der Waals surface area (Å²) in [6.07, 6.45) is 1.50. The van der Waals surface area contributed by atoms with Crippen LogP contribution in [-0.2, 0) is 9.47 Å². The van der Waals surface area contributed by atoms with Gasteiger partial charge in [0, 0.05) is 36.4 Å². The molecule has 0 unspecified atom stereocenters. The van der Waals surface area contributed by atoms with E-state index in [1.807, 2.05) is 36.4 Å². The second kappa shape index (κ2) is 10.8. The van der Waals surface area contributed by atoms with Gasteiger partial charge in [-0.25, -0.2) is 9.97 Å². The van der Waals surface area contributed by atoms with E-state index in [0.29, 0.717) is 48.8 Å². The van der Waals surface area contributed by atoms with Crippen molar-refractivity contribution < 1.29 is 18.9 Å². The van der Waals surface area contributed by atoms with Gasteiger partial charge in [-0.3, -0.25) is 0 Å². The van der Waals surface area contributed by atoms with Crippen LogP contribution in [-0.4, -0.2) is 50.6 Å². The highest BCUT2D eigenvalue weighted by Crippen LogP contribution is 2.35. The molecule has 7 nitrogen and oxygen atoms in total. The van der Waals surface area contributed by atoms with Crippen LogP contribution in [0.15, 0.2) is 49.3 Å². The lowest BCUT2D eigenvalue weighted by Gasteiger charge is -2.15. The molecule has 0 radical (unpaired) electrons. The van der Waals surface area contributed by atoms with Crippen molar-refractivity contribution in [3.05, 3.63) is 54.9 Å². The predicted octanol–water partition coefficient (Wildman–Crippen LogP) is 4.63. The van der Waals surface area contributed by atoms with Gasteiger partial charge in [-0.15, -0.1) is 0 Å². The molecule has 0 aliphatic rings. The van der Waals surface area contributed by atoms with Crippen molar-refractivity contribution in [2.24, 2.45) is 0 Å². The van der Waals surface area contributed by atoms with E-state index in [-0.39, 0.29) is 0 Å². The fourth-order valence-electron chi connectivity index (χ4n) is 2.76. The number of rotatable bonds is 11. The first-order chi connectivity index (χ1) is 14.6. The largest absolute Gasteiger partial charge is 0.487 e. The Bertz CT molecular complexity index is 1010. The van der Waals surface area contributed by atoms with E-state index in [1.54, 1.807) is 14.2 Å². The SMILES string of the molecule is C=C(Cl)c1cccc(Nc2ncnc3cc(OCCOC)c(OCCOC)cc23)c1. The third-order valence-electron chi connectivity index (χ3n) is 4.23. The Labute approximate surface area is 180 Å². The van der Waals surface area contributed by atoms with Gasteiger partial charge in [0.05, 0.1) is 18.7 Å². The monoisotopic (exact) mass is 429 g/mol. The van der Waals surface area contributed by atoms with Crippen LogP contribution in [0, 0.1) is 0 Å². The molecule has 3 aromatic rings. The number of benzene rings is 2. The lowest BCUT2D eigenvalue weighted by atomic mass is 10.1. The van der Waals surface area contributed by atoms with Crippen LogP contribution in [0.1, 0.15) is 5.56 Å². The molecule has 0 spiro atoms. The van der Waals surface area contributed by atoms with Crippen LogP contribution < -0.4 is 14.8 Å². The summed E-state index contributed by atoms with van der Waals surface area (Å²) in [5, 5.41) is 4.58. The second-order valence-electron chi connectivity index (χ2n) is 6.33. The number of methoxy groups -OCH3 is 2. The van der Waals surface area contributed by atoms with Gasteiger partial charge in [0.2, 0.25) is 0 Å². The maximum Gasteiger partial charge on any atom is 0.163 e. The number of nitrogens with zero attached hydrogens (tertiary/aromatic N) is 2. The Balaban J connectivity index is 1.96. The Morgan fingerprint density at radius 3 is 2.33 bits per heavy atom. The molecular weight excluding hydrogens is 406 g/mol. The summed E-state index contributed by atoms with van der Waals surface area (Å²) in [6.45, 7) is 5.48. The lowest BCUT2D eigenvalue weighted by Crippen LogP contribution is -2.09. The number of ether oxygens (including phenoxy) is 4. The maximum atomic E-state index is 6.03. The van der Waals surface area contributed by atoms with Crippen molar-refractivity contribution in [2.75, 3.05) is 46.0 Å². The first kappa shape index (κ1) is 21.8. The molecule has 0 atom stereocenters. The van der Waals surface area contributed by atoms with Gasteiger partial charge in [0.15, 0.2) is 11.5 Å². The number of fused-ring (bicyclic) bond motifs is 1. The van der Waals surface area contributed by atoms with Gasteiger partial charge in [0.1, 0.15) is 25.4 Å². The Morgan fingerprint density at radius 2 is 1.67 bits per heavy atom. The minimum atomic E-state index is 0.388. The van der Waals surface area contributed by atoms with Crippen LogP contribution in [0.4, 0.5) is 11.5 Å². The molecule has 8 heteroatoms. The molecule has 1 heterocycles. The zero-order valence-electron chi connectivity index (χ0n) is 17.0. The second-order valence-corrected chi connectivity index (χ2v) is 6.79. The number of hydrogen-bond acceptors (Lipinski definition) is 7. The highest BCUT2D eigenvalue weighted by atomic mass is 35.5. The molecule has 0 amide bonds. The molecule has 1 N–H and O–H groups in total. The molecule has 0 saturated carbocycles. The van der Waals surface area contributed by atoms with E-state index in [2.05, 4.69) is 21.9 Å². The van der Waals surface area contributed by atoms with E-state index in [0.717, 1.165) is 22.2 Å². The summed E-state index contributed by atoms with van der Waals surface area (Å²) < 4.78 is 21.8. The Hall–Kier alpha value is -2.87. The summed E-state index contributed by atoms with van der Waals surface area (Å²) in [5.74, 6) is 1.80. The van der Waals surface area contributed by atoms with E-state index < -0.39 is 0 Å². The summed E-state index contributed by atoms with van der Waals surface area (Å²) in [4.78, 5) is 8.78. The van der Waals surface area contributed by atoms with Crippen molar-refractivity contribution in [3.8, 4) is 11.5 Å². The number of aromatic nitrogens is 2. The summed E-state index contributed by atoms with van der Waals surface area (Å²) >= 11 is 6.03. The quantitative estimate of drug-likeness (QED) is 0.445. The molecule has 0 saturated heterocycles. The normalized spacial score (nSPS) is 10.8. The molecule has 3 rings (SSSR count). The molecule has 0 fully saturated rings.